The zero-order valence-corrected chi connectivity index (χ0v) is 12.1. The molecule has 4 aliphatic rings. The van der Waals surface area contributed by atoms with Gasteiger partial charge in [0.1, 0.15) is 12.2 Å². The molecule has 0 aliphatic carbocycles. The van der Waals surface area contributed by atoms with Crippen LogP contribution in [0.3, 0.4) is 0 Å². The molecule has 6 atom stereocenters. The van der Waals surface area contributed by atoms with Crippen LogP contribution in [0.25, 0.3) is 0 Å². The first-order valence-electron chi connectivity index (χ1n) is 7.11. The number of hydroxylamine groups is 2. The minimum atomic E-state index is -1.04. The van der Waals surface area contributed by atoms with E-state index >= 15 is 0 Å². The monoisotopic (exact) mass is 301 g/mol. The molecule has 8 nitrogen and oxygen atoms in total. The van der Waals surface area contributed by atoms with Gasteiger partial charge in [0.2, 0.25) is 0 Å². The average molecular weight is 301 g/mol. The van der Waals surface area contributed by atoms with Crippen LogP contribution in [-0.2, 0) is 28.6 Å². The fourth-order valence-corrected chi connectivity index (χ4v) is 3.77. The topological polar surface area (TPSA) is 86.7 Å². The molecule has 1 spiro atoms. The van der Waals surface area contributed by atoms with E-state index in [-0.39, 0.29) is 6.61 Å². The maximum absolute atomic E-state index is 12.4. The summed E-state index contributed by atoms with van der Waals surface area (Å²) < 4.78 is 22.9. The van der Waals surface area contributed by atoms with Gasteiger partial charge in [-0.05, 0) is 13.8 Å². The van der Waals surface area contributed by atoms with E-state index < -0.39 is 48.0 Å². The summed E-state index contributed by atoms with van der Waals surface area (Å²) in [5, 5.41) is 10.7. The highest BCUT2D eigenvalue weighted by molar-refractivity contribution is 5.85. The molecular formula is C13H19NO7. The highest BCUT2D eigenvalue weighted by atomic mass is 16.8. The zero-order valence-electron chi connectivity index (χ0n) is 12.1. The van der Waals surface area contributed by atoms with E-state index in [1.165, 1.54) is 5.06 Å². The number of nitrogens with zero attached hydrogens (tertiary/aromatic N) is 1. The van der Waals surface area contributed by atoms with Crippen LogP contribution in [0.15, 0.2) is 0 Å². The van der Waals surface area contributed by atoms with Gasteiger partial charge in [0, 0.05) is 13.5 Å². The molecule has 1 N–H and O–H groups in total. The maximum Gasteiger partial charge on any atom is 0.332 e. The van der Waals surface area contributed by atoms with Crippen molar-refractivity contribution in [2.75, 3.05) is 13.7 Å². The van der Waals surface area contributed by atoms with E-state index in [1.807, 2.05) is 0 Å². The quantitative estimate of drug-likeness (QED) is 0.627. The van der Waals surface area contributed by atoms with E-state index in [2.05, 4.69) is 0 Å². The lowest BCUT2D eigenvalue weighted by Gasteiger charge is -2.30. The molecule has 4 aliphatic heterocycles. The van der Waals surface area contributed by atoms with Crippen LogP contribution in [-0.4, -0.2) is 71.8 Å². The molecule has 118 valence electrons. The predicted octanol–water partition coefficient (Wildman–Crippen LogP) is -0.845. The predicted molar refractivity (Wildman–Crippen MR) is 65.6 cm³/mol. The van der Waals surface area contributed by atoms with Crippen LogP contribution in [0.1, 0.15) is 20.3 Å². The minimum Gasteiger partial charge on any atom is -0.455 e. The lowest BCUT2D eigenvalue weighted by Crippen LogP contribution is -2.54. The van der Waals surface area contributed by atoms with Crippen molar-refractivity contribution in [3.8, 4) is 0 Å². The van der Waals surface area contributed by atoms with E-state index in [0.29, 0.717) is 6.42 Å². The number of esters is 1. The third kappa shape index (κ3) is 1.68. The second kappa shape index (κ2) is 4.15. The molecule has 4 rings (SSSR count). The van der Waals surface area contributed by atoms with Crippen molar-refractivity contribution in [1.82, 2.24) is 5.06 Å². The third-order valence-corrected chi connectivity index (χ3v) is 4.67. The van der Waals surface area contributed by atoms with Crippen molar-refractivity contribution in [2.24, 2.45) is 0 Å². The fraction of sp³-hybridized carbons (Fsp3) is 0.923. The summed E-state index contributed by atoms with van der Waals surface area (Å²) in [5.41, 5.74) is -1.04. The second-order valence-corrected chi connectivity index (χ2v) is 6.43. The number of likely N-dealkylation sites (N-methyl/N-ethyl adjacent to an activating group) is 1. The van der Waals surface area contributed by atoms with Crippen molar-refractivity contribution in [2.45, 2.75) is 62.3 Å². The Bertz CT molecular complexity index is 483. The van der Waals surface area contributed by atoms with Gasteiger partial charge in [-0.3, -0.25) is 4.84 Å². The van der Waals surface area contributed by atoms with Crippen LogP contribution in [0.5, 0.6) is 0 Å². The largest absolute Gasteiger partial charge is 0.455 e. The first kappa shape index (κ1) is 13.9. The van der Waals surface area contributed by atoms with Crippen molar-refractivity contribution >= 4 is 5.97 Å². The van der Waals surface area contributed by atoms with Gasteiger partial charge in [0.05, 0.1) is 6.61 Å². The van der Waals surface area contributed by atoms with Gasteiger partial charge in [-0.1, -0.05) is 0 Å². The molecule has 0 bridgehead atoms. The number of fused-ring (bicyclic) bond motifs is 4. The first-order valence-corrected chi connectivity index (χ1v) is 7.11. The molecule has 4 fully saturated rings. The van der Waals surface area contributed by atoms with Crippen LogP contribution in [0.4, 0.5) is 0 Å². The number of hydrogen-bond acceptors (Lipinski definition) is 8. The van der Waals surface area contributed by atoms with Gasteiger partial charge < -0.3 is 24.1 Å². The molecule has 21 heavy (non-hydrogen) atoms. The van der Waals surface area contributed by atoms with Crippen molar-refractivity contribution in [3.05, 3.63) is 0 Å². The number of hydrogen-bond donors (Lipinski definition) is 1. The van der Waals surface area contributed by atoms with Crippen LogP contribution in [0.2, 0.25) is 0 Å². The van der Waals surface area contributed by atoms with Crippen LogP contribution < -0.4 is 0 Å². The molecule has 1 unspecified atom stereocenters. The smallest absolute Gasteiger partial charge is 0.332 e. The molecule has 8 heteroatoms. The summed E-state index contributed by atoms with van der Waals surface area (Å²) in [6.07, 6.45) is -2.16. The van der Waals surface area contributed by atoms with E-state index in [0.717, 1.165) is 0 Å². The van der Waals surface area contributed by atoms with Gasteiger partial charge in [-0.25, -0.2) is 4.79 Å². The molecule has 4 saturated heterocycles. The van der Waals surface area contributed by atoms with Crippen LogP contribution in [0, 0.1) is 0 Å². The van der Waals surface area contributed by atoms with Gasteiger partial charge in [-0.15, -0.1) is 0 Å². The molecule has 0 aromatic heterocycles. The Balaban J connectivity index is 1.64. The molecule has 0 aromatic carbocycles. The Labute approximate surface area is 121 Å². The highest BCUT2D eigenvalue weighted by Gasteiger charge is 2.73. The number of carbonyl (C=O) groups is 1. The van der Waals surface area contributed by atoms with E-state index in [1.54, 1.807) is 20.9 Å². The van der Waals surface area contributed by atoms with Gasteiger partial charge >= 0.3 is 5.97 Å². The van der Waals surface area contributed by atoms with Crippen molar-refractivity contribution < 1.29 is 33.7 Å². The van der Waals surface area contributed by atoms with Crippen LogP contribution >= 0.6 is 0 Å². The summed E-state index contributed by atoms with van der Waals surface area (Å²) in [5.74, 6) is -1.16. The Hall–Kier alpha value is -0.770. The number of ether oxygens (including phenoxy) is 4. The summed E-state index contributed by atoms with van der Waals surface area (Å²) in [6, 6.07) is 0. The molecule has 0 amide bonds. The fourth-order valence-electron chi connectivity index (χ4n) is 3.77. The second-order valence-electron chi connectivity index (χ2n) is 6.43. The SMILES string of the molecule is CN1OC(CO)C[C@]12C(=O)O[C@@H]1[C@H]3OC(C)(C)O[C@H]3O[C@@H]12. The van der Waals surface area contributed by atoms with Crippen molar-refractivity contribution in [3.63, 3.8) is 0 Å². The molecule has 0 radical (unpaired) electrons. The Morgan fingerprint density at radius 2 is 2.10 bits per heavy atom. The lowest BCUT2D eigenvalue weighted by molar-refractivity contribution is -0.232. The van der Waals surface area contributed by atoms with E-state index in [4.69, 9.17) is 23.8 Å². The van der Waals surface area contributed by atoms with Gasteiger partial charge in [0.25, 0.3) is 0 Å². The molecule has 0 aromatic rings. The lowest BCUT2D eigenvalue weighted by atomic mass is 9.87. The average Bonchev–Trinajstić information content (AvgIpc) is 3.05. The zero-order chi connectivity index (χ0) is 15.0. The minimum absolute atomic E-state index is 0.163. The Morgan fingerprint density at radius 3 is 2.76 bits per heavy atom. The standard InChI is InChI=1S/C13H19NO7/c1-12(2)19-8-7-9(18-10(8)20-12)13(11(16)17-7)4-6(5-15)21-14(13)3/h6-10,15H,4-5H2,1-3H3/t6?,7-,8-,9+,10-,13+/m1/s1. The number of carbonyl (C=O) groups excluding carboxylic acids is 1. The molecule has 4 heterocycles. The molecular weight excluding hydrogens is 282 g/mol. The number of aliphatic hydroxyl groups excluding tert-OH is 1. The maximum atomic E-state index is 12.4. The van der Waals surface area contributed by atoms with Crippen molar-refractivity contribution in [1.29, 1.82) is 0 Å². The van der Waals surface area contributed by atoms with E-state index in [9.17, 15) is 9.90 Å². The summed E-state index contributed by atoms with van der Waals surface area (Å²) in [4.78, 5) is 17.9. The third-order valence-electron chi connectivity index (χ3n) is 4.67. The summed E-state index contributed by atoms with van der Waals surface area (Å²) >= 11 is 0. The Kier molecular flexibility index (Phi) is 2.74. The number of rotatable bonds is 1. The van der Waals surface area contributed by atoms with Gasteiger partial charge in [-0.2, -0.15) is 5.06 Å². The first-order chi connectivity index (χ1) is 9.87. The number of aliphatic hydroxyl groups is 1. The normalized spacial score (nSPS) is 51.4. The Morgan fingerprint density at radius 1 is 1.33 bits per heavy atom. The van der Waals surface area contributed by atoms with Gasteiger partial charge in [0.15, 0.2) is 29.8 Å². The summed E-state index contributed by atoms with van der Waals surface area (Å²) in [6.45, 7) is 3.43. The summed E-state index contributed by atoms with van der Waals surface area (Å²) in [7, 11) is 1.66. The molecule has 0 saturated carbocycles. The highest BCUT2D eigenvalue weighted by Crippen LogP contribution is 2.50.